The average Bonchev–Trinajstić information content (AvgIpc) is 2.36. The Hall–Kier alpha value is -1.18. The number of carbonyl (C=O) groups excluding carboxylic acids is 1. The second kappa shape index (κ2) is 7.72. The van der Waals surface area contributed by atoms with Crippen LogP contribution in [0.25, 0.3) is 0 Å². The molecule has 118 valence electrons. The van der Waals surface area contributed by atoms with Gasteiger partial charge in [-0.05, 0) is 18.6 Å². The molecule has 0 saturated heterocycles. The highest BCUT2D eigenvalue weighted by molar-refractivity contribution is 7.89. The van der Waals surface area contributed by atoms with Crippen LogP contribution in [0, 0.1) is 5.82 Å². The van der Waals surface area contributed by atoms with E-state index >= 15 is 0 Å². The lowest BCUT2D eigenvalue weighted by molar-refractivity contribution is 0.0497. The van der Waals surface area contributed by atoms with Crippen molar-refractivity contribution in [2.45, 2.75) is 37.5 Å². The Balaban J connectivity index is 2.85. The van der Waals surface area contributed by atoms with E-state index in [1.54, 1.807) is 0 Å². The van der Waals surface area contributed by atoms with E-state index in [2.05, 4.69) is 6.92 Å². The second-order valence-corrected chi connectivity index (χ2v) is 6.44. The average molecular weight is 338 g/mol. The summed E-state index contributed by atoms with van der Waals surface area (Å²) in [5.74, 6) is -1.91. The van der Waals surface area contributed by atoms with Crippen LogP contribution >= 0.6 is 11.6 Å². The first kappa shape index (κ1) is 17.9. The maximum absolute atomic E-state index is 13.5. The fourth-order valence-electron chi connectivity index (χ4n) is 1.68. The second-order valence-electron chi connectivity index (χ2n) is 4.50. The molecule has 1 rings (SSSR count). The molecule has 1 aromatic carbocycles. The van der Waals surface area contributed by atoms with Gasteiger partial charge in [-0.15, -0.1) is 0 Å². The lowest BCUT2D eigenvalue weighted by Gasteiger charge is -2.08. The van der Waals surface area contributed by atoms with Crippen LogP contribution < -0.4 is 5.14 Å². The highest BCUT2D eigenvalue weighted by Gasteiger charge is 2.21. The molecule has 0 aliphatic rings. The summed E-state index contributed by atoms with van der Waals surface area (Å²) in [7, 11) is -4.28. The van der Waals surface area contributed by atoms with Crippen molar-refractivity contribution in [3.8, 4) is 0 Å². The lowest BCUT2D eigenvalue weighted by atomic mass is 10.2. The van der Waals surface area contributed by atoms with Crippen molar-refractivity contribution in [1.29, 1.82) is 0 Å². The summed E-state index contributed by atoms with van der Waals surface area (Å²) in [4.78, 5) is 11.0. The number of unbranched alkanes of at least 4 members (excludes halogenated alkanes) is 3. The van der Waals surface area contributed by atoms with Gasteiger partial charge in [0.15, 0.2) is 0 Å². The number of rotatable bonds is 7. The molecule has 0 aliphatic heterocycles. The summed E-state index contributed by atoms with van der Waals surface area (Å²) in [6, 6.07) is 1.52. The summed E-state index contributed by atoms with van der Waals surface area (Å²) in [5.41, 5.74) is -0.224. The van der Waals surface area contributed by atoms with Gasteiger partial charge < -0.3 is 4.74 Å². The van der Waals surface area contributed by atoms with E-state index in [1.807, 2.05) is 0 Å². The number of primary sulfonamides is 1. The normalized spacial score (nSPS) is 11.4. The first-order valence-electron chi connectivity index (χ1n) is 6.46. The van der Waals surface area contributed by atoms with E-state index < -0.39 is 26.7 Å². The van der Waals surface area contributed by atoms with Crippen LogP contribution in [0.5, 0.6) is 0 Å². The quantitative estimate of drug-likeness (QED) is 0.612. The van der Waals surface area contributed by atoms with E-state index in [-0.39, 0.29) is 17.2 Å². The van der Waals surface area contributed by atoms with Gasteiger partial charge in [-0.2, -0.15) is 0 Å². The molecule has 8 heteroatoms. The molecule has 0 spiro atoms. The zero-order valence-corrected chi connectivity index (χ0v) is 13.1. The zero-order chi connectivity index (χ0) is 16.0. The first-order chi connectivity index (χ1) is 9.77. The van der Waals surface area contributed by atoms with Crippen molar-refractivity contribution in [2.75, 3.05) is 6.61 Å². The van der Waals surface area contributed by atoms with E-state index in [9.17, 15) is 17.6 Å². The van der Waals surface area contributed by atoms with Crippen LogP contribution in [0.2, 0.25) is 5.02 Å². The van der Waals surface area contributed by atoms with Gasteiger partial charge in [-0.3, -0.25) is 0 Å². The minimum atomic E-state index is -4.28. The van der Waals surface area contributed by atoms with Gasteiger partial charge in [0.2, 0.25) is 10.0 Å². The van der Waals surface area contributed by atoms with Gasteiger partial charge in [0.05, 0.1) is 17.2 Å². The molecule has 0 unspecified atom stereocenters. The molecule has 0 aromatic heterocycles. The summed E-state index contributed by atoms with van der Waals surface area (Å²) in [6.07, 6.45) is 3.70. The van der Waals surface area contributed by atoms with Crippen molar-refractivity contribution in [3.05, 3.63) is 28.5 Å². The zero-order valence-electron chi connectivity index (χ0n) is 11.6. The van der Waals surface area contributed by atoms with Gasteiger partial charge >= 0.3 is 5.97 Å². The number of halogens is 2. The van der Waals surface area contributed by atoms with Crippen LogP contribution in [-0.4, -0.2) is 21.0 Å². The molecule has 0 amide bonds. The first-order valence-corrected chi connectivity index (χ1v) is 8.38. The molecule has 2 N–H and O–H groups in total. The van der Waals surface area contributed by atoms with Crippen molar-refractivity contribution in [3.63, 3.8) is 0 Å². The Morgan fingerprint density at radius 2 is 2.00 bits per heavy atom. The highest BCUT2D eigenvalue weighted by Crippen LogP contribution is 2.24. The summed E-state index contributed by atoms with van der Waals surface area (Å²) < 4.78 is 40.9. The number of nitrogens with two attached hydrogens (primary N) is 1. The standard InChI is InChI=1S/C13H17ClFNO4S/c1-2-3-4-5-6-20-13(17)9-7-12(21(16,18)19)11(15)8-10(9)14/h7-8H,2-6H2,1H3,(H2,16,18,19). The molecule has 0 saturated carbocycles. The third kappa shape index (κ3) is 5.26. The summed E-state index contributed by atoms with van der Waals surface area (Å²) >= 11 is 5.73. The number of carbonyl (C=O) groups is 1. The largest absolute Gasteiger partial charge is 0.462 e. The third-order valence-electron chi connectivity index (χ3n) is 2.78. The topological polar surface area (TPSA) is 86.5 Å². The van der Waals surface area contributed by atoms with E-state index in [4.69, 9.17) is 21.5 Å². The van der Waals surface area contributed by atoms with Crippen molar-refractivity contribution in [1.82, 2.24) is 0 Å². The van der Waals surface area contributed by atoms with E-state index in [0.29, 0.717) is 6.42 Å². The number of ether oxygens (including phenoxy) is 1. The Bertz CT molecular complexity index is 619. The Labute approximate surface area is 128 Å². The SMILES string of the molecule is CCCCCCOC(=O)c1cc(S(N)(=O)=O)c(F)cc1Cl. The monoisotopic (exact) mass is 337 g/mol. The number of sulfonamides is 1. The Kier molecular flexibility index (Phi) is 6.57. The van der Waals surface area contributed by atoms with Crippen LogP contribution in [0.1, 0.15) is 43.0 Å². The van der Waals surface area contributed by atoms with Crippen molar-refractivity contribution in [2.24, 2.45) is 5.14 Å². The Morgan fingerprint density at radius 3 is 2.57 bits per heavy atom. The van der Waals surface area contributed by atoms with Gasteiger partial charge in [-0.25, -0.2) is 22.7 Å². The van der Waals surface area contributed by atoms with Gasteiger partial charge in [0.25, 0.3) is 0 Å². The molecule has 0 radical (unpaired) electrons. The number of hydrogen-bond donors (Lipinski definition) is 1. The molecule has 0 heterocycles. The minimum Gasteiger partial charge on any atom is -0.462 e. The predicted molar refractivity (Wildman–Crippen MR) is 77.2 cm³/mol. The van der Waals surface area contributed by atoms with E-state index in [0.717, 1.165) is 31.4 Å². The minimum absolute atomic E-state index is 0.192. The fourth-order valence-corrected chi connectivity index (χ4v) is 2.52. The molecule has 0 fully saturated rings. The molecule has 1 aromatic rings. The molecule has 0 bridgehead atoms. The molecule has 21 heavy (non-hydrogen) atoms. The summed E-state index contributed by atoms with van der Waals surface area (Å²) in [6.45, 7) is 2.25. The molecular weight excluding hydrogens is 321 g/mol. The third-order valence-corrected chi connectivity index (χ3v) is 4.02. The number of benzene rings is 1. The predicted octanol–water partition coefficient (Wildman–Crippen LogP) is 2.86. The van der Waals surface area contributed by atoms with Crippen LogP contribution in [0.4, 0.5) is 4.39 Å². The van der Waals surface area contributed by atoms with Crippen LogP contribution in [0.3, 0.4) is 0 Å². The summed E-state index contributed by atoms with van der Waals surface area (Å²) in [5, 5.41) is 4.65. The number of esters is 1. The van der Waals surface area contributed by atoms with Crippen LogP contribution in [0.15, 0.2) is 17.0 Å². The van der Waals surface area contributed by atoms with E-state index in [1.165, 1.54) is 0 Å². The molecular formula is C13H17ClFNO4S. The van der Waals surface area contributed by atoms with Gasteiger partial charge in [-0.1, -0.05) is 37.8 Å². The van der Waals surface area contributed by atoms with Crippen molar-refractivity contribution >= 4 is 27.6 Å². The maximum atomic E-state index is 13.5. The van der Waals surface area contributed by atoms with Crippen molar-refractivity contribution < 1.29 is 22.3 Å². The highest BCUT2D eigenvalue weighted by atomic mass is 35.5. The molecule has 5 nitrogen and oxygen atoms in total. The van der Waals surface area contributed by atoms with Gasteiger partial charge in [0.1, 0.15) is 10.7 Å². The smallest absolute Gasteiger partial charge is 0.339 e. The lowest BCUT2D eigenvalue weighted by Crippen LogP contribution is -2.16. The molecule has 0 atom stereocenters. The van der Waals surface area contributed by atoms with Crippen LogP contribution in [-0.2, 0) is 14.8 Å². The fraction of sp³-hybridized carbons (Fsp3) is 0.462. The van der Waals surface area contributed by atoms with Gasteiger partial charge in [0, 0.05) is 0 Å². The number of hydrogen-bond acceptors (Lipinski definition) is 4. The molecule has 0 aliphatic carbocycles. The Morgan fingerprint density at radius 1 is 1.33 bits per heavy atom. The maximum Gasteiger partial charge on any atom is 0.339 e.